The fraction of sp³-hybridized carbons (Fsp3) is 0.562. The number of fused-ring (bicyclic) bond motifs is 1. The van der Waals surface area contributed by atoms with E-state index in [1.54, 1.807) is 0 Å². The first-order valence-corrected chi connectivity index (χ1v) is 7.33. The fourth-order valence-corrected chi connectivity index (χ4v) is 3.12. The minimum absolute atomic E-state index is 0.0195. The highest BCUT2D eigenvalue weighted by atomic mass is 16.5. The van der Waals surface area contributed by atoms with Crippen molar-refractivity contribution in [2.24, 2.45) is 5.92 Å². The van der Waals surface area contributed by atoms with Gasteiger partial charge in [0.2, 0.25) is 0 Å². The van der Waals surface area contributed by atoms with E-state index in [-0.39, 0.29) is 18.0 Å². The molecule has 3 heteroatoms. The normalized spacial score (nSPS) is 26.5. The predicted molar refractivity (Wildman–Crippen MR) is 73.8 cm³/mol. The molecule has 1 aromatic carbocycles. The van der Waals surface area contributed by atoms with Crippen LogP contribution in [0, 0.1) is 5.92 Å². The van der Waals surface area contributed by atoms with Crippen LogP contribution in [0.3, 0.4) is 0 Å². The van der Waals surface area contributed by atoms with Gasteiger partial charge in [0.15, 0.2) is 0 Å². The molecule has 0 radical (unpaired) electrons. The molecule has 1 N–H and O–H groups in total. The summed E-state index contributed by atoms with van der Waals surface area (Å²) < 4.78 is 5.78. The minimum Gasteiger partial charge on any atom is -0.457 e. The summed E-state index contributed by atoms with van der Waals surface area (Å²) in [6.45, 7) is 1.79. The topological polar surface area (TPSA) is 38.3 Å². The number of ether oxygens (including phenoxy) is 1. The van der Waals surface area contributed by atoms with Crippen LogP contribution in [0.1, 0.15) is 42.9 Å². The second-order valence-corrected chi connectivity index (χ2v) is 5.56. The van der Waals surface area contributed by atoms with E-state index in [0.717, 1.165) is 45.2 Å². The molecule has 1 aromatic rings. The summed E-state index contributed by atoms with van der Waals surface area (Å²) in [5.74, 6) is 0.0248. The molecule has 3 rings (SSSR count). The molecule has 19 heavy (non-hydrogen) atoms. The Bertz CT molecular complexity index is 452. The zero-order chi connectivity index (χ0) is 13.1. The van der Waals surface area contributed by atoms with Crippen molar-refractivity contribution in [3.8, 4) is 0 Å². The summed E-state index contributed by atoms with van der Waals surface area (Å²) in [5.41, 5.74) is 2.55. The van der Waals surface area contributed by atoms with Crippen LogP contribution in [-0.4, -0.2) is 19.1 Å². The molecule has 1 aliphatic heterocycles. The molecular formula is C16H21NO2. The summed E-state index contributed by atoms with van der Waals surface area (Å²) in [6.07, 6.45) is 5.18. The van der Waals surface area contributed by atoms with Gasteiger partial charge in [0.1, 0.15) is 6.10 Å². The Morgan fingerprint density at radius 2 is 2.11 bits per heavy atom. The number of hydrogen-bond acceptors (Lipinski definition) is 3. The van der Waals surface area contributed by atoms with Gasteiger partial charge in [0, 0.05) is 6.54 Å². The van der Waals surface area contributed by atoms with Crippen LogP contribution in [0.4, 0.5) is 0 Å². The summed E-state index contributed by atoms with van der Waals surface area (Å²) in [6, 6.07) is 8.35. The largest absolute Gasteiger partial charge is 0.457 e. The number of piperidine rings is 1. The van der Waals surface area contributed by atoms with Gasteiger partial charge in [-0.3, -0.25) is 4.79 Å². The third-order valence-corrected chi connectivity index (χ3v) is 4.20. The fourth-order valence-electron chi connectivity index (χ4n) is 3.12. The van der Waals surface area contributed by atoms with Gasteiger partial charge in [0.05, 0.1) is 5.92 Å². The Balaban J connectivity index is 1.68. The van der Waals surface area contributed by atoms with Gasteiger partial charge in [-0.05, 0) is 49.8 Å². The molecule has 2 atom stereocenters. The van der Waals surface area contributed by atoms with Gasteiger partial charge in [0.25, 0.3) is 0 Å². The smallest absolute Gasteiger partial charge is 0.310 e. The molecule has 1 fully saturated rings. The molecular weight excluding hydrogens is 238 g/mol. The quantitative estimate of drug-likeness (QED) is 0.830. The van der Waals surface area contributed by atoms with E-state index in [2.05, 4.69) is 23.5 Å². The molecule has 1 aliphatic carbocycles. The number of benzene rings is 1. The van der Waals surface area contributed by atoms with Gasteiger partial charge >= 0.3 is 5.97 Å². The minimum atomic E-state index is -0.0284. The number of aryl methyl sites for hydroxylation is 1. The van der Waals surface area contributed by atoms with Gasteiger partial charge < -0.3 is 10.1 Å². The predicted octanol–water partition coefficient (Wildman–Crippen LogP) is 2.61. The highest BCUT2D eigenvalue weighted by molar-refractivity contribution is 5.73. The molecule has 0 saturated carbocycles. The third kappa shape index (κ3) is 2.81. The zero-order valence-electron chi connectivity index (χ0n) is 11.2. The lowest BCUT2D eigenvalue weighted by Gasteiger charge is -2.28. The van der Waals surface area contributed by atoms with Crippen LogP contribution in [0.5, 0.6) is 0 Å². The van der Waals surface area contributed by atoms with Crippen molar-refractivity contribution in [2.45, 2.75) is 38.2 Å². The average Bonchev–Trinajstić information content (AvgIpc) is 2.48. The van der Waals surface area contributed by atoms with Crippen molar-refractivity contribution >= 4 is 5.97 Å². The van der Waals surface area contributed by atoms with Crippen molar-refractivity contribution in [3.63, 3.8) is 0 Å². The lowest BCUT2D eigenvalue weighted by atomic mass is 9.89. The Labute approximate surface area is 114 Å². The van der Waals surface area contributed by atoms with E-state index < -0.39 is 0 Å². The molecule has 0 spiro atoms. The third-order valence-electron chi connectivity index (χ3n) is 4.20. The van der Waals surface area contributed by atoms with Crippen LogP contribution < -0.4 is 5.32 Å². The van der Waals surface area contributed by atoms with E-state index in [0.29, 0.717) is 0 Å². The number of carbonyl (C=O) groups excluding carboxylic acids is 1. The van der Waals surface area contributed by atoms with E-state index >= 15 is 0 Å². The van der Waals surface area contributed by atoms with Crippen LogP contribution in [-0.2, 0) is 16.0 Å². The highest BCUT2D eigenvalue weighted by Gasteiger charge is 2.28. The Hall–Kier alpha value is -1.35. The van der Waals surface area contributed by atoms with Gasteiger partial charge in [-0.1, -0.05) is 24.3 Å². The molecule has 0 aromatic heterocycles. The second kappa shape index (κ2) is 5.74. The van der Waals surface area contributed by atoms with E-state index in [9.17, 15) is 4.79 Å². The zero-order valence-corrected chi connectivity index (χ0v) is 11.2. The lowest BCUT2D eigenvalue weighted by Crippen LogP contribution is -2.36. The van der Waals surface area contributed by atoms with Crippen LogP contribution in [0.15, 0.2) is 24.3 Å². The van der Waals surface area contributed by atoms with Crippen molar-refractivity contribution in [3.05, 3.63) is 35.4 Å². The van der Waals surface area contributed by atoms with Crippen molar-refractivity contribution < 1.29 is 9.53 Å². The Morgan fingerprint density at radius 3 is 2.95 bits per heavy atom. The monoisotopic (exact) mass is 259 g/mol. The Morgan fingerprint density at radius 1 is 1.21 bits per heavy atom. The molecule has 1 saturated heterocycles. The van der Waals surface area contributed by atoms with Gasteiger partial charge in [-0.25, -0.2) is 0 Å². The van der Waals surface area contributed by atoms with Crippen LogP contribution in [0.2, 0.25) is 0 Å². The van der Waals surface area contributed by atoms with E-state index in [1.165, 1.54) is 11.1 Å². The summed E-state index contributed by atoms with van der Waals surface area (Å²) in [5, 5.41) is 3.27. The number of rotatable bonds is 2. The molecule has 0 bridgehead atoms. The average molecular weight is 259 g/mol. The molecule has 102 valence electrons. The lowest BCUT2D eigenvalue weighted by molar-refractivity contribution is -0.155. The summed E-state index contributed by atoms with van der Waals surface area (Å²) in [7, 11) is 0. The number of carbonyl (C=O) groups is 1. The first kappa shape index (κ1) is 12.7. The number of hydrogen-bond donors (Lipinski definition) is 1. The first-order chi connectivity index (χ1) is 9.34. The molecule has 0 amide bonds. The van der Waals surface area contributed by atoms with E-state index in [4.69, 9.17) is 4.74 Å². The van der Waals surface area contributed by atoms with Crippen LogP contribution >= 0.6 is 0 Å². The maximum absolute atomic E-state index is 12.2. The first-order valence-electron chi connectivity index (χ1n) is 7.33. The van der Waals surface area contributed by atoms with Crippen molar-refractivity contribution in [2.75, 3.05) is 13.1 Å². The SMILES string of the molecule is O=C(OC1CCCc2ccccc21)[C@H]1CCCNC1. The van der Waals surface area contributed by atoms with Gasteiger partial charge in [-0.2, -0.15) is 0 Å². The number of esters is 1. The highest BCUT2D eigenvalue weighted by Crippen LogP contribution is 2.33. The second-order valence-electron chi connectivity index (χ2n) is 5.56. The maximum atomic E-state index is 12.2. The molecule has 2 aliphatic rings. The molecule has 1 unspecified atom stereocenters. The Kier molecular flexibility index (Phi) is 3.83. The maximum Gasteiger partial charge on any atom is 0.310 e. The molecule has 3 nitrogen and oxygen atoms in total. The number of nitrogens with one attached hydrogen (secondary N) is 1. The molecule has 1 heterocycles. The van der Waals surface area contributed by atoms with Crippen molar-refractivity contribution in [1.29, 1.82) is 0 Å². The van der Waals surface area contributed by atoms with Crippen molar-refractivity contribution in [1.82, 2.24) is 5.32 Å². The van der Waals surface area contributed by atoms with Crippen LogP contribution in [0.25, 0.3) is 0 Å². The van der Waals surface area contributed by atoms with E-state index in [1.807, 2.05) is 6.07 Å². The van der Waals surface area contributed by atoms with Gasteiger partial charge in [-0.15, -0.1) is 0 Å². The summed E-state index contributed by atoms with van der Waals surface area (Å²) >= 11 is 0. The summed E-state index contributed by atoms with van der Waals surface area (Å²) in [4.78, 5) is 12.2. The standard InChI is InChI=1S/C16H21NO2/c18-16(13-7-4-10-17-11-13)19-15-9-3-6-12-5-1-2-8-14(12)15/h1-2,5,8,13,15,17H,3-4,6-7,9-11H2/t13-,15?/m0/s1.